The zero-order valence-electron chi connectivity index (χ0n) is 18.1. The summed E-state index contributed by atoms with van der Waals surface area (Å²) in [7, 11) is 0. The van der Waals surface area contributed by atoms with Crippen molar-refractivity contribution < 1.29 is 4.79 Å². The van der Waals surface area contributed by atoms with Crippen LogP contribution in [0, 0.1) is 13.8 Å². The predicted molar refractivity (Wildman–Crippen MR) is 129 cm³/mol. The number of fused-ring (bicyclic) bond motifs is 1. The lowest BCUT2D eigenvalue weighted by Gasteiger charge is -2.23. The average Bonchev–Trinajstić information content (AvgIpc) is 3.20. The van der Waals surface area contributed by atoms with Crippen LogP contribution in [-0.4, -0.2) is 16.8 Å². The van der Waals surface area contributed by atoms with E-state index in [1.54, 1.807) is 0 Å². The van der Waals surface area contributed by atoms with Gasteiger partial charge in [0.05, 0.1) is 6.04 Å². The van der Waals surface area contributed by atoms with Crippen molar-refractivity contribution in [3.05, 3.63) is 106 Å². The third-order valence-electron chi connectivity index (χ3n) is 5.77. The third-order valence-corrected chi connectivity index (χ3v) is 6.12. The molecule has 1 heterocycles. The Balaban J connectivity index is 1.64. The summed E-state index contributed by atoms with van der Waals surface area (Å²) in [6.45, 7) is 6.18. The molecule has 0 amide bonds. The molecule has 4 heteroatoms. The molecule has 3 aromatic carbocycles. The zero-order valence-corrected chi connectivity index (χ0v) is 18.8. The van der Waals surface area contributed by atoms with Gasteiger partial charge >= 0.3 is 0 Å². The van der Waals surface area contributed by atoms with E-state index in [0.717, 1.165) is 44.6 Å². The summed E-state index contributed by atoms with van der Waals surface area (Å²) in [6.07, 6.45) is 2.57. The van der Waals surface area contributed by atoms with E-state index in [9.17, 15) is 4.79 Å². The van der Waals surface area contributed by atoms with E-state index >= 15 is 0 Å². The van der Waals surface area contributed by atoms with E-state index in [1.165, 1.54) is 0 Å². The Kier molecular flexibility index (Phi) is 6.26. The number of nitrogens with one attached hydrogen (secondary N) is 2. The number of benzene rings is 3. The number of hydrogen-bond donors (Lipinski definition) is 2. The van der Waals surface area contributed by atoms with Gasteiger partial charge in [0.2, 0.25) is 0 Å². The van der Waals surface area contributed by atoms with Crippen LogP contribution in [-0.2, 0) is 6.42 Å². The molecule has 0 aliphatic carbocycles. The second-order valence-electron chi connectivity index (χ2n) is 8.27. The number of Topliss-reactive ketones (excluding diaryl/α,β-unsaturated/α-hetero) is 1. The van der Waals surface area contributed by atoms with Gasteiger partial charge in [-0.05, 0) is 55.5 Å². The van der Waals surface area contributed by atoms with E-state index in [4.69, 9.17) is 11.6 Å². The van der Waals surface area contributed by atoms with Crippen LogP contribution in [0.1, 0.15) is 45.6 Å². The van der Waals surface area contributed by atoms with Gasteiger partial charge in [0, 0.05) is 33.7 Å². The second-order valence-corrected chi connectivity index (χ2v) is 8.68. The van der Waals surface area contributed by atoms with Crippen LogP contribution in [0.4, 0.5) is 0 Å². The van der Waals surface area contributed by atoms with Gasteiger partial charge in [-0.25, -0.2) is 0 Å². The number of ketones is 1. The number of aryl methyl sites for hydroxylation is 2. The van der Waals surface area contributed by atoms with Crippen molar-refractivity contribution in [3.8, 4) is 0 Å². The fourth-order valence-corrected chi connectivity index (χ4v) is 4.44. The maximum Gasteiger partial charge on any atom is 0.186 e. The Morgan fingerprint density at radius 3 is 2.55 bits per heavy atom. The van der Waals surface area contributed by atoms with Crippen molar-refractivity contribution in [2.45, 2.75) is 39.3 Å². The maximum absolute atomic E-state index is 13.7. The largest absolute Gasteiger partial charge is 0.360 e. The molecule has 4 aromatic rings. The minimum absolute atomic E-state index is 0.0568. The van der Waals surface area contributed by atoms with Crippen LogP contribution < -0.4 is 5.32 Å². The number of carbonyl (C=O) groups excluding carboxylic acids is 1. The molecule has 0 saturated heterocycles. The van der Waals surface area contributed by atoms with E-state index in [0.29, 0.717) is 5.56 Å². The number of aromatic nitrogens is 1. The van der Waals surface area contributed by atoms with Crippen molar-refractivity contribution in [2.24, 2.45) is 0 Å². The van der Waals surface area contributed by atoms with Crippen molar-refractivity contribution in [3.63, 3.8) is 0 Å². The number of halogens is 1. The maximum atomic E-state index is 13.7. The van der Waals surface area contributed by atoms with Crippen molar-refractivity contribution >= 4 is 28.3 Å². The number of hydrogen-bond acceptors (Lipinski definition) is 2. The molecule has 4 rings (SSSR count). The molecule has 2 atom stereocenters. The van der Waals surface area contributed by atoms with Gasteiger partial charge in [0.15, 0.2) is 5.78 Å². The van der Waals surface area contributed by atoms with Crippen LogP contribution in [0.5, 0.6) is 0 Å². The zero-order chi connectivity index (χ0) is 22.0. The number of para-hydroxylation sites is 1. The first-order valence-corrected chi connectivity index (χ1v) is 11.0. The first-order valence-electron chi connectivity index (χ1n) is 10.6. The topological polar surface area (TPSA) is 44.9 Å². The Bertz CT molecular complexity index is 1210. The van der Waals surface area contributed by atoms with E-state index in [1.807, 2.05) is 74.6 Å². The molecule has 0 aliphatic rings. The molecule has 0 unspecified atom stereocenters. The fraction of sp³-hybridized carbons (Fsp3) is 0.222. The molecule has 31 heavy (non-hydrogen) atoms. The first kappa shape index (κ1) is 21.4. The highest BCUT2D eigenvalue weighted by Crippen LogP contribution is 2.27. The number of rotatable bonds is 7. The minimum Gasteiger partial charge on any atom is -0.360 e. The van der Waals surface area contributed by atoms with E-state index in [-0.39, 0.29) is 11.8 Å². The minimum atomic E-state index is -0.445. The van der Waals surface area contributed by atoms with Crippen molar-refractivity contribution in [2.75, 3.05) is 0 Å². The lowest BCUT2D eigenvalue weighted by Crippen LogP contribution is -2.36. The summed E-state index contributed by atoms with van der Waals surface area (Å²) in [4.78, 5) is 17.0. The van der Waals surface area contributed by atoms with Crippen LogP contribution in [0.3, 0.4) is 0 Å². The molecular formula is C27H27ClN2O. The molecule has 0 radical (unpaired) electrons. The Hall–Kier alpha value is -2.88. The van der Waals surface area contributed by atoms with Crippen molar-refractivity contribution in [1.29, 1.82) is 0 Å². The van der Waals surface area contributed by atoms with Gasteiger partial charge in [-0.15, -0.1) is 0 Å². The molecule has 158 valence electrons. The number of H-pyrrole nitrogens is 1. The Labute approximate surface area is 188 Å². The molecule has 0 spiro atoms. The number of carbonyl (C=O) groups is 1. The van der Waals surface area contributed by atoms with Crippen LogP contribution in [0.2, 0.25) is 5.02 Å². The summed E-state index contributed by atoms with van der Waals surface area (Å²) in [6, 6.07) is 21.7. The summed E-state index contributed by atoms with van der Waals surface area (Å²) in [5.74, 6) is 0.0601. The Morgan fingerprint density at radius 1 is 1.03 bits per heavy atom. The van der Waals surface area contributed by atoms with Crippen molar-refractivity contribution in [1.82, 2.24) is 10.3 Å². The van der Waals surface area contributed by atoms with Gasteiger partial charge in [-0.2, -0.15) is 0 Å². The van der Waals surface area contributed by atoms with Crippen LogP contribution >= 0.6 is 11.6 Å². The SMILES string of the molecule is Cc1ccc(C[C@H](C)N[C@H](C(=O)c2c[nH]c3c(C)cccc23)c2ccccc2)c(Cl)c1. The lowest BCUT2D eigenvalue weighted by atomic mass is 9.95. The molecule has 2 N–H and O–H groups in total. The molecular weight excluding hydrogens is 404 g/mol. The van der Waals surface area contributed by atoms with Gasteiger partial charge < -0.3 is 10.3 Å². The molecule has 0 aliphatic heterocycles. The fourth-order valence-electron chi connectivity index (χ4n) is 4.13. The Morgan fingerprint density at radius 2 is 1.81 bits per heavy atom. The second kappa shape index (κ2) is 9.09. The quantitative estimate of drug-likeness (QED) is 0.325. The van der Waals surface area contributed by atoms with Gasteiger partial charge in [-0.1, -0.05) is 72.3 Å². The summed E-state index contributed by atoms with van der Waals surface area (Å²) in [5.41, 5.74) is 6.02. The van der Waals surface area contributed by atoms with E-state index < -0.39 is 6.04 Å². The number of aromatic amines is 1. The molecule has 3 nitrogen and oxygen atoms in total. The monoisotopic (exact) mass is 430 g/mol. The van der Waals surface area contributed by atoms with Gasteiger partial charge in [0.25, 0.3) is 0 Å². The van der Waals surface area contributed by atoms with Crippen LogP contribution in [0.25, 0.3) is 10.9 Å². The summed E-state index contributed by atoms with van der Waals surface area (Å²) >= 11 is 6.45. The molecule has 0 bridgehead atoms. The highest BCUT2D eigenvalue weighted by molar-refractivity contribution is 6.31. The highest BCUT2D eigenvalue weighted by atomic mass is 35.5. The first-order chi connectivity index (χ1) is 14.9. The smallest absolute Gasteiger partial charge is 0.186 e. The normalized spacial score (nSPS) is 13.3. The van der Waals surface area contributed by atoms with E-state index in [2.05, 4.69) is 29.4 Å². The summed E-state index contributed by atoms with van der Waals surface area (Å²) in [5, 5.41) is 5.30. The lowest BCUT2D eigenvalue weighted by molar-refractivity contribution is 0.0938. The third kappa shape index (κ3) is 4.58. The summed E-state index contributed by atoms with van der Waals surface area (Å²) < 4.78 is 0. The predicted octanol–water partition coefficient (Wildman–Crippen LogP) is 6.58. The molecule has 0 fully saturated rings. The molecule has 1 aromatic heterocycles. The van der Waals surface area contributed by atoms with Gasteiger partial charge in [-0.3, -0.25) is 4.79 Å². The van der Waals surface area contributed by atoms with Crippen LogP contribution in [0.15, 0.2) is 72.9 Å². The highest BCUT2D eigenvalue weighted by Gasteiger charge is 2.26. The average molecular weight is 431 g/mol. The standard InChI is InChI=1S/C27H27ClN2O/c1-17-12-13-21(24(28)14-17)15-19(3)30-26(20-9-5-4-6-10-20)27(31)23-16-29-25-18(2)8-7-11-22(23)25/h4-14,16,19,26,29-30H,15H2,1-3H3/t19-,26-/m0/s1. The van der Waals surface area contributed by atoms with Gasteiger partial charge in [0.1, 0.15) is 0 Å². The molecule has 0 saturated carbocycles.